The highest BCUT2D eigenvalue weighted by molar-refractivity contribution is 5.76. The highest BCUT2D eigenvalue weighted by atomic mass is 16.4. The average Bonchev–Trinajstić information content (AvgIpc) is 3.35. The minimum Gasteiger partial charge on any atom is -0.465 e. The molecule has 0 bridgehead atoms. The molecule has 2 unspecified atom stereocenters. The molecule has 1 aromatic heterocycles. The fourth-order valence-corrected chi connectivity index (χ4v) is 4.42. The molecule has 1 fully saturated rings. The first-order valence-corrected chi connectivity index (χ1v) is 11.0. The zero-order chi connectivity index (χ0) is 21.6. The molecule has 0 aliphatic carbocycles. The van der Waals surface area contributed by atoms with E-state index in [9.17, 15) is 9.90 Å². The molecule has 162 valence electrons. The van der Waals surface area contributed by atoms with E-state index in [0.717, 1.165) is 62.8 Å². The maximum atomic E-state index is 11.7. The number of imidazole rings is 1. The SMILES string of the molecule is CCC(CCCCN(CC1(C)CCNC1)C(=O)O)Cn1cnc2ccc(C#N)cc21. The number of nitrogens with zero attached hydrogens (tertiary/aromatic N) is 4. The topological polar surface area (TPSA) is 94.2 Å². The third kappa shape index (κ3) is 5.51. The number of nitriles is 1. The van der Waals surface area contributed by atoms with Gasteiger partial charge in [-0.15, -0.1) is 0 Å². The van der Waals surface area contributed by atoms with Gasteiger partial charge in [-0.2, -0.15) is 5.26 Å². The van der Waals surface area contributed by atoms with Crippen LogP contribution in [0.2, 0.25) is 0 Å². The molecule has 2 atom stereocenters. The van der Waals surface area contributed by atoms with Crippen molar-refractivity contribution in [3.05, 3.63) is 30.1 Å². The summed E-state index contributed by atoms with van der Waals surface area (Å²) in [5.41, 5.74) is 2.62. The molecule has 1 amide bonds. The Bertz CT molecular complexity index is 895. The molecule has 2 heterocycles. The van der Waals surface area contributed by atoms with Crippen LogP contribution in [0.25, 0.3) is 11.0 Å². The number of fused-ring (bicyclic) bond motifs is 1. The Balaban J connectivity index is 1.50. The van der Waals surface area contributed by atoms with Gasteiger partial charge in [0.15, 0.2) is 0 Å². The average molecular weight is 412 g/mol. The number of hydrogen-bond acceptors (Lipinski definition) is 4. The first-order chi connectivity index (χ1) is 14.4. The van der Waals surface area contributed by atoms with Gasteiger partial charge in [0, 0.05) is 26.2 Å². The zero-order valence-electron chi connectivity index (χ0n) is 18.1. The summed E-state index contributed by atoms with van der Waals surface area (Å²) in [4.78, 5) is 17.7. The molecule has 0 spiro atoms. The lowest BCUT2D eigenvalue weighted by atomic mass is 9.89. The van der Waals surface area contributed by atoms with Crippen molar-refractivity contribution in [2.45, 2.75) is 52.5 Å². The van der Waals surface area contributed by atoms with Gasteiger partial charge in [-0.25, -0.2) is 9.78 Å². The minimum absolute atomic E-state index is 0.0507. The molecule has 1 aromatic carbocycles. The summed E-state index contributed by atoms with van der Waals surface area (Å²) in [5.74, 6) is 0.503. The quantitative estimate of drug-likeness (QED) is 0.575. The van der Waals surface area contributed by atoms with E-state index in [2.05, 4.69) is 34.8 Å². The Hall–Kier alpha value is -2.59. The van der Waals surface area contributed by atoms with Crippen LogP contribution in [0.4, 0.5) is 4.79 Å². The second-order valence-corrected chi connectivity index (χ2v) is 8.92. The van der Waals surface area contributed by atoms with E-state index in [-0.39, 0.29) is 5.41 Å². The molecule has 1 saturated heterocycles. The van der Waals surface area contributed by atoms with Crippen LogP contribution in [-0.2, 0) is 6.54 Å². The summed E-state index contributed by atoms with van der Waals surface area (Å²) in [5, 5.41) is 22.1. The van der Waals surface area contributed by atoms with Gasteiger partial charge in [-0.3, -0.25) is 0 Å². The van der Waals surface area contributed by atoms with Gasteiger partial charge in [0.05, 0.1) is 29.0 Å². The number of rotatable bonds is 10. The molecule has 1 aliphatic heterocycles. The number of unbranched alkanes of at least 4 members (excludes halogenated alkanes) is 1. The lowest BCUT2D eigenvalue weighted by Crippen LogP contribution is -2.41. The first kappa shape index (κ1) is 22.1. The number of benzene rings is 1. The van der Waals surface area contributed by atoms with Crippen molar-refractivity contribution in [1.29, 1.82) is 5.26 Å². The summed E-state index contributed by atoms with van der Waals surface area (Å²) in [7, 11) is 0. The van der Waals surface area contributed by atoms with Gasteiger partial charge in [0.1, 0.15) is 0 Å². The molecular formula is C23H33N5O2. The standard InChI is InChI=1S/C23H33N5O2/c1-3-18(14-28-17-26-20-8-7-19(13-24)12-21(20)28)6-4-5-11-27(22(29)30)16-23(2)9-10-25-15-23/h7-8,12,17-18,25H,3-6,9-11,14-16H2,1-2H3,(H,29,30). The maximum absolute atomic E-state index is 11.7. The molecule has 2 N–H and O–H groups in total. The van der Waals surface area contributed by atoms with Crippen molar-refractivity contribution in [2.24, 2.45) is 11.3 Å². The number of carboxylic acid groups (broad SMARTS) is 1. The predicted octanol–water partition coefficient (Wildman–Crippen LogP) is 4.08. The van der Waals surface area contributed by atoms with Crippen LogP contribution >= 0.6 is 0 Å². The van der Waals surface area contributed by atoms with Crippen molar-refractivity contribution in [3.8, 4) is 6.07 Å². The third-order valence-corrected chi connectivity index (χ3v) is 6.37. The number of amides is 1. The van der Waals surface area contributed by atoms with Gasteiger partial charge >= 0.3 is 6.09 Å². The molecule has 30 heavy (non-hydrogen) atoms. The van der Waals surface area contributed by atoms with Crippen LogP contribution in [0.1, 0.15) is 51.5 Å². The van der Waals surface area contributed by atoms with Crippen molar-refractivity contribution < 1.29 is 9.90 Å². The fraction of sp³-hybridized carbons (Fsp3) is 0.609. The highest BCUT2D eigenvalue weighted by Gasteiger charge is 2.32. The molecule has 2 aromatic rings. The summed E-state index contributed by atoms with van der Waals surface area (Å²) >= 11 is 0. The largest absolute Gasteiger partial charge is 0.465 e. The highest BCUT2D eigenvalue weighted by Crippen LogP contribution is 2.26. The molecule has 0 saturated carbocycles. The Morgan fingerprint density at radius 2 is 2.30 bits per heavy atom. The molecule has 3 rings (SSSR count). The molecule has 1 aliphatic rings. The Kier molecular flexibility index (Phi) is 7.33. The van der Waals surface area contributed by atoms with E-state index in [4.69, 9.17) is 5.26 Å². The van der Waals surface area contributed by atoms with Crippen LogP contribution < -0.4 is 5.32 Å². The summed E-state index contributed by atoms with van der Waals surface area (Å²) in [6.45, 7) is 8.30. The van der Waals surface area contributed by atoms with E-state index in [1.807, 2.05) is 18.5 Å². The lowest BCUT2D eigenvalue weighted by Gasteiger charge is -2.30. The Labute approximate surface area is 178 Å². The normalized spacial score (nSPS) is 19.6. The van der Waals surface area contributed by atoms with E-state index in [1.165, 1.54) is 0 Å². The number of hydrogen-bond donors (Lipinski definition) is 2. The summed E-state index contributed by atoms with van der Waals surface area (Å²) < 4.78 is 2.14. The van der Waals surface area contributed by atoms with Gasteiger partial charge in [0.2, 0.25) is 0 Å². The first-order valence-electron chi connectivity index (χ1n) is 11.0. The fourth-order valence-electron chi connectivity index (χ4n) is 4.42. The van der Waals surface area contributed by atoms with Crippen LogP contribution in [0.3, 0.4) is 0 Å². The second kappa shape index (κ2) is 9.94. The van der Waals surface area contributed by atoms with Crippen LogP contribution in [0.15, 0.2) is 24.5 Å². The van der Waals surface area contributed by atoms with E-state index in [0.29, 0.717) is 24.6 Å². The van der Waals surface area contributed by atoms with Crippen LogP contribution in [0, 0.1) is 22.7 Å². The monoisotopic (exact) mass is 411 g/mol. The van der Waals surface area contributed by atoms with Gasteiger partial charge in [-0.1, -0.05) is 26.7 Å². The van der Waals surface area contributed by atoms with E-state index >= 15 is 0 Å². The molecule has 7 heteroatoms. The Morgan fingerprint density at radius 1 is 1.47 bits per heavy atom. The zero-order valence-corrected chi connectivity index (χ0v) is 18.1. The van der Waals surface area contributed by atoms with E-state index in [1.54, 1.807) is 11.0 Å². The second-order valence-electron chi connectivity index (χ2n) is 8.92. The van der Waals surface area contributed by atoms with Crippen LogP contribution in [0.5, 0.6) is 0 Å². The number of carbonyl (C=O) groups is 1. The van der Waals surface area contributed by atoms with Crippen molar-refractivity contribution in [2.75, 3.05) is 26.2 Å². The third-order valence-electron chi connectivity index (χ3n) is 6.37. The number of nitrogens with one attached hydrogen (secondary N) is 1. The van der Waals surface area contributed by atoms with E-state index < -0.39 is 6.09 Å². The lowest BCUT2D eigenvalue weighted by molar-refractivity contribution is 0.121. The molecule has 7 nitrogen and oxygen atoms in total. The maximum Gasteiger partial charge on any atom is 0.407 e. The van der Waals surface area contributed by atoms with Crippen LogP contribution in [-0.4, -0.2) is 51.8 Å². The summed E-state index contributed by atoms with van der Waals surface area (Å²) in [6, 6.07) is 7.79. The van der Waals surface area contributed by atoms with Gasteiger partial charge in [0.25, 0.3) is 0 Å². The van der Waals surface area contributed by atoms with Crippen molar-refractivity contribution >= 4 is 17.1 Å². The predicted molar refractivity (Wildman–Crippen MR) is 117 cm³/mol. The van der Waals surface area contributed by atoms with Crippen molar-refractivity contribution in [1.82, 2.24) is 19.8 Å². The molecular weight excluding hydrogens is 378 g/mol. The van der Waals surface area contributed by atoms with Crippen molar-refractivity contribution in [3.63, 3.8) is 0 Å². The Morgan fingerprint density at radius 3 is 2.97 bits per heavy atom. The minimum atomic E-state index is -0.812. The smallest absolute Gasteiger partial charge is 0.407 e. The summed E-state index contributed by atoms with van der Waals surface area (Å²) in [6.07, 6.45) is 6.08. The van der Waals surface area contributed by atoms with Gasteiger partial charge < -0.3 is 19.9 Å². The number of aromatic nitrogens is 2. The van der Waals surface area contributed by atoms with Gasteiger partial charge in [-0.05, 0) is 55.3 Å². The molecule has 0 radical (unpaired) electrons.